The van der Waals surface area contributed by atoms with Crippen molar-refractivity contribution >= 4 is 0 Å². The lowest BCUT2D eigenvalue weighted by Gasteiger charge is -1.96. The van der Waals surface area contributed by atoms with Crippen LogP contribution in [0.4, 0.5) is 0 Å². The van der Waals surface area contributed by atoms with Gasteiger partial charge in [-0.25, -0.2) is 0 Å². The summed E-state index contributed by atoms with van der Waals surface area (Å²) in [5.74, 6) is 2.27. The molecule has 1 rings (SSSR count). The molecule has 0 unspecified atom stereocenters. The van der Waals surface area contributed by atoms with Gasteiger partial charge in [0.1, 0.15) is 11.5 Å². The molecule has 0 aliphatic carbocycles. The standard InChI is InChI=1S/C13H20O/c1-3-5-6-7-9-13-11-10-12(14-13)8-4-2/h3,10-11H,1,4-9H2,2H3. The lowest BCUT2D eigenvalue weighted by Crippen LogP contribution is -1.82. The van der Waals surface area contributed by atoms with Crippen LogP contribution in [0, 0.1) is 0 Å². The van der Waals surface area contributed by atoms with E-state index in [0.29, 0.717) is 0 Å². The number of furan rings is 1. The summed E-state index contributed by atoms with van der Waals surface area (Å²) in [7, 11) is 0. The molecular weight excluding hydrogens is 172 g/mol. The van der Waals surface area contributed by atoms with Gasteiger partial charge in [-0.2, -0.15) is 0 Å². The first kappa shape index (κ1) is 11.1. The highest BCUT2D eigenvalue weighted by molar-refractivity contribution is 5.07. The van der Waals surface area contributed by atoms with Gasteiger partial charge in [-0.05, 0) is 37.8 Å². The maximum atomic E-state index is 5.68. The molecule has 78 valence electrons. The zero-order chi connectivity index (χ0) is 10.2. The minimum Gasteiger partial charge on any atom is -0.466 e. The molecule has 0 atom stereocenters. The van der Waals surface area contributed by atoms with Gasteiger partial charge >= 0.3 is 0 Å². The summed E-state index contributed by atoms with van der Waals surface area (Å²) in [6.45, 7) is 5.88. The summed E-state index contributed by atoms with van der Waals surface area (Å²) in [5.41, 5.74) is 0. The average molecular weight is 192 g/mol. The van der Waals surface area contributed by atoms with Crippen LogP contribution in [0.15, 0.2) is 29.2 Å². The Morgan fingerprint density at radius 3 is 2.57 bits per heavy atom. The fourth-order valence-electron chi connectivity index (χ4n) is 1.53. The van der Waals surface area contributed by atoms with Gasteiger partial charge in [0, 0.05) is 12.8 Å². The molecule has 1 heterocycles. The highest BCUT2D eigenvalue weighted by atomic mass is 16.3. The number of aryl methyl sites for hydroxylation is 2. The van der Waals surface area contributed by atoms with Crippen molar-refractivity contribution in [1.82, 2.24) is 0 Å². The number of hydrogen-bond donors (Lipinski definition) is 0. The molecule has 0 radical (unpaired) electrons. The number of unbranched alkanes of at least 4 members (excludes halogenated alkanes) is 2. The van der Waals surface area contributed by atoms with Gasteiger partial charge in [-0.3, -0.25) is 0 Å². The van der Waals surface area contributed by atoms with E-state index in [-0.39, 0.29) is 0 Å². The van der Waals surface area contributed by atoms with Gasteiger partial charge in [-0.15, -0.1) is 6.58 Å². The summed E-state index contributed by atoms with van der Waals surface area (Å²) in [4.78, 5) is 0. The SMILES string of the molecule is C=CCCCCc1ccc(CCC)o1. The maximum absolute atomic E-state index is 5.68. The van der Waals surface area contributed by atoms with Gasteiger partial charge in [0.2, 0.25) is 0 Å². The monoisotopic (exact) mass is 192 g/mol. The summed E-state index contributed by atoms with van der Waals surface area (Å²) in [6, 6.07) is 4.21. The zero-order valence-electron chi connectivity index (χ0n) is 9.09. The largest absolute Gasteiger partial charge is 0.466 e. The van der Waals surface area contributed by atoms with Crippen LogP contribution < -0.4 is 0 Å². The molecule has 1 aromatic heterocycles. The Balaban J connectivity index is 2.25. The Morgan fingerprint density at radius 2 is 1.93 bits per heavy atom. The van der Waals surface area contributed by atoms with Crippen LogP contribution in [-0.2, 0) is 12.8 Å². The van der Waals surface area contributed by atoms with Crippen LogP contribution in [-0.4, -0.2) is 0 Å². The molecule has 14 heavy (non-hydrogen) atoms. The van der Waals surface area contributed by atoms with E-state index in [0.717, 1.165) is 37.2 Å². The predicted octanol–water partition coefficient (Wildman–Crippen LogP) is 4.13. The van der Waals surface area contributed by atoms with E-state index in [9.17, 15) is 0 Å². The van der Waals surface area contributed by atoms with Crippen LogP contribution in [0.25, 0.3) is 0 Å². The smallest absolute Gasteiger partial charge is 0.104 e. The van der Waals surface area contributed by atoms with Gasteiger partial charge < -0.3 is 4.42 Å². The molecular formula is C13H20O. The van der Waals surface area contributed by atoms with Crippen molar-refractivity contribution in [3.8, 4) is 0 Å². The van der Waals surface area contributed by atoms with Crippen molar-refractivity contribution in [2.75, 3.05) is 0 Å². The molecule has 0 bridgehead atoms. The Morgan fingerprint density at radius 1 is 1.21 bits per heavy atom. The third kappa shape index (κ3) is 3.82. The third-order valence-corrected chi connectivity index (χ3v) is 2.30. The fraction of sp³-hybridized carbons (Fsp3) is 0.538. The Kier molecular flexibility index (Phi) is 5.13. The van der Waals surface area contributed by atoms with E-state index in [2.05, 4.69) is 25.6 Å². The minimum atomic E-state index is 1.06. The second-order valence-corrected chi connectivity index (χ2v) is 3.65. The first-order valence-corrected chi connectivity index (χ1v) is 5.55. The van der Waals surface area contributed by atoms with E-state index in [1.807, 2.05) is 6.08 Å². The minimum absolute atomic E-state index is 1.06. The van der Waals surface area contributed by atoms with Crippen LogP contribution in [0.2, 0.25) is 0 Å². The lowest BCUT2D eigenvalue weighted by atomic mass is 10.1. The van der Waals surface area contributed by atoms with Gasteiger partial charge in [-0.1, -0.05) is 13.0 Å². The van der Waals surface area contributed by atoms with E-state index in [4.69, 9.17) is 4.42 Å². The third-order valence-electron chi connectivity index (χ3n) is 2.30. The van der Waals surface area contributed by atoms with Crippen molar-refractivity contribution in [3.05, 3.63) is 36.3 Å². The number of rotatable bonds is 7. The molecule has 0 amide bonds. The molecule has 0 saturated heterocycles. The predicted molar refractivity (Wildman–Crippen MR) is 60.5 cm³/mol. The topological polar surface area (TPSA) is 13.1 Å². The van der Waals surface area contributed by atoms with E-state index in [1.165, 1.54) is 12.8 Å². The second-order valence-electron chi connectivity index (χ2n) is 3.65. The van der Waals surface area contributed by atoms with Crippen molar-refractivity contribution in [3.63, 3.8) is 0 Å². The molecule has 1 nitrogen and oxygen atoms in total. The Bertz CT molecular complexity index is 260. The number of allylic oxidation sites excluding steroid dienone is 1. The van der Waals surface area contributed by atoms with E-state index >= 15 is 0 Å². The van der Waals surface area contributed by atoms with Crippen LogP contribution >= 0.6 is 0 Å². The average Bonchev–Trinajstić information content (AvgIpc) is 2.61. The van der Waals surface area contributed by atoms with E-state index in [1.54, 1.807) is 0 Å². The lowest BCUT2D eigenvalue weighted by molar-refractivity contribution is 0.455. The molecule has 1 heteroatoms. The van der Waals surface area contributed by atoms with Gasteiger partial charge in [0.05, 0.1) is 0 Å². The van der Waals surface area contributed by atoms with Gasteiger partial charge in [0.15, 0.2) is 0 Å². The summed E-state index contributed by atoms with van der Waals surface area (Å²) in [6.07, 6.45) is 8.79. The quantitative estimate of drug-likeness (QED) is 0.467. The molecule has 0 saturated carbocycles. The first-order chi connectivity index (χ1) is 6.86. The highest BCUT2D eigenvalue weighted by Gasteiger charge is 2.00. The van der Waals surface area contributed by atoms with Crippen LogP contribution in [0.1, 0.15) is 44.1 Å². The Hall–Kier alpha value is -0.980. The van der Waals surface area contributed by atoms with Gasteiger partial charge in [0.25, 0.3) is 0 Å². The van der Waals surface area contributed by atoms with Crippen LogP contribution in [0.3, 0.4) is 0 Å². The summed E-state index contributed by atoms with van der Waals surface area (Å²) >= 11 is 0. The summed E-state index contributed by atoms with van der Waals surface area (Å²) < 4.78 is 5.68. The first-order valence-electron chi connectivity index (χ1n) is 5.55. The van der Waals surface area contributed by atoms with Crippen molar-refractivity contribution < 1.29 is 4.42 Å². The molecule has 0 aromatic carbocycles. The van der Waals surface area contributed by atoms with Crippen molar-refractivity contribution in [2.24, 2.45) is 0 Å². The second kappa shape index (κ2) is 6.47. The van der Waals surface area contributed by atoms with Crippen LogP contribution in [0.5, 0.6) is 0 Å². The fourth-order valence-corrected chi connectivity index (χ4v) is 1.53. The number of hydrogen-bond acceptors (Lipinski definition) is 1. The van der Waals surface area contributed by atoms with Crippen molar-refractivity contribution in [1.29, 1.82) is 0 Å². The highest BCUT2D eigenvalue weighted by Crippen LogP contribution is 2.13. The zero-order valence-corrected chi connectivity index (χ0v) is 9.09. The molecule has 0 N–H and O–H groups in total. The molecule has 1 aromatic rings. The molecule has 0 aliphatic heterocycles. The molecule has 0 aliphatic rings. The molecule has 0 fully saturated rings. The molecule has 0 spiro atoms. The van der Waals surface area contributed by atoms with E-state index < -0.39 is 0 Å². The Labute approximate surface area is 86.8 Å². The van der Waals surface area contributed by atoms with Crippen molar-refractivity contribution in [2.45, 2.75) is 45.4 Å². The normalized spacial score (nSPS) is 10.4. The summed E-state index contributed by atoms with van der Waals surface area (Å²) in [5, 5.41) is 0. The maximum Gasteiger partial charge on any atom is 0.104 e.